The van der Waals surface area contributed by atoms with Gasteiger partial charge in [-0.25, -0.2) is 0 Å². The number of nitrogens with one attached hydrogen (secondary N) is 2. The highest BCUT2D eigenvalue weighted by Gasteiger charge is 2.08. The van der Waals surface area contributed by atoms with Crippen LogP contribution in [0.3, 0.4) is 0 Å². The molecule has 2 amide bonds. The van der Waals surface area contributed by atoms with Gasteiger partial charge in [-0.15, -0.1) is 0 Å². The monoisotopic (exact) mass is 530 g/mol. The predicted molar refractivity (Wildman–Crippen MR) is 137 cm³/mol. The highest BCUT2D eigenvalue weighted by Crippen LogP contribution is 2.04. The van der Waals surface area contributed by atoms with Crippen molar-refractivity contribution in [1.29, 1.82) is 0 Å². The first-order valence-corrected chi connectivity index (χ1v) is 13.2. The number of amides is 2. The van der Waals surface area contributed by atoms with Gasteiger partial charge < -0.3 is 34.4 Å². The first kappa shape index (κ1) is 34.8. The molecule has 37 heavy (non-hydrogen) atoms. The molecule has 0 aliphatic carbocycles. The van der Waals surface area contributed by atoms with Crippen molar-refractivity contribution in [2.45, 2.75) is 71.6 Å². The van der Waals surface area contributed by atoms with Crippen molar-refractivity contribution in [2.24, 2.45) is 0 Å². The summed E-state index contributed by atoms with van der Waals surface area (Å²) in [6.45, 7) is 7.38. The zero-order valence-electron chi connectivity index (χ0n) is 22.6. The Bertz CT molecular complexity index is 656. The minimum atomic E-state index is -0.121. The van der Waals surface area contributed by atoms with Crippen LogP contribution < -0.4 is 10.6 Å². The van der Waals surface area contributed by atoms with Gasteiger partial charge >= 0.3 is 0 Å². The molecule has 11 nitrogen and oxygen atoms in total. The Morgan fingerprint density at radius 1 is 0.514 bits per heavy atom. The number of rotatable bonds is 27. The standard InChI is InChI=1S/C26H46N2O9/c1-3-5-25(32)27-12-16-37-21-19-35-15-11-26(33)28-13-17-36-20-18-34-14-4-6-23(30)9-10-24(31)8-7-22(2)29/h3-21H2,1-2H3,(H,27,32)(H,28,33). The summed E-state index contributed by atoms with van der Waals surface area (Å²) in [5, 5.41) is 5.50. The molecule has 2 N–H and O–H groups in total. The molecule has 214 valence electrons. The summed E-state index contributed by atoms with van der Waals surface area (Å²) in [7, 11) is 0. The van der Waals surface area contributed by atoms with Gasteiger partial charge in [-0.1, -0.05) is 6.92 Å². The zero-order chi connectivity index (χ0) is 27.6. The molecule has 0 radical (unpaired) electrons. The summed E-state index contributed by atoms with van der Waals surface area (Å²) in [6.07, 6.45) is 3.41. The van der Waals surface area contributed by atoms with Crippen molar-refractivity contribution in [2.75, 3.05) is 65.9 Å². The lowest BCUT2D eigenvalue weighted by atomic mass is 10.1. The maximum atomic E-state index is 11.8. The van der Waals surface area contributed by atoms with Crippen molar-refractivity contribution in [3.05, 3.63) is 0 Å². The topological polar surface area (TPSA) is 146 Å². The number of hydrogen-bond donors (Lipinski definition) is 2. The molecule has 0 aromatic carbocycles. The van der Waals surface area contributed by atoms with Crippen LogP contribution >= 0.6 is 0 Å². The second-order valence-electron chi connectivity index (χ2n) is 8.53. The summed E-state index contributed by atoms with van der Waals surface area (Å²) in [4.78, 5) is 57.2. The van der Waals surface area contributed by atoms with Gasteiger partial charge in [0, 0.05) is 64.6 Å². The minimum absolute atomic E-state index is 0.0202. The second-order valence-corrected chi connectivity index (χ2v) is 8.53. The molecule has 0 aromatic rings. The van der Waals surface area contributed by atoms with Crippen molar-refractivity contribution in [3.63, 3.8) is 0 Å². The summed E-state index contributed by atoms with van der Waals surface area (Å²) in [5.74, 6) is -0.142. The Morgan fingerprint density at radius 3 is 1.51 bits per heavy atom. The van der Waals surface area contributed by atoms with Gasteiger partial charge in [-0.3, -0.25) is 19.2 Å². The number of Topliss-reactive ketones (excluding diaryl/α,β-unsaturated/α-hetero) is 3. The van der Waals surface area contributed by atoms with E-state index in [4.69, 9.17) is 18.9 Å². The molecule has 0 aliphatic heterocycles. The summed E-state index contributed by atoms with van der Waals surface area (Å²) < 4.78 is 21.5. The van der Waals surface area contributed by atoms with Gasteiger partial charge in [0.25, 0.3) is 0 Å². The molecule has 11 heteroatoms. The number of carbonyl (C=O) groups excluding carboxylic acids is 5. The molecule has 0 saturated carbocycles. The normalized spacial score (nSPS) is 10.8. The lowest BCUT2D eigenvalue weighted by Gasteiger charge is -2.08. The lowest BCUT2D eigenvalue weighted by molar-refractivity contribution is -0.125. The molecule has 0 aromatic heterocycles. The fourth-order valence-corrected chi connectivity index (χ4v) is 2.95. The van der Waals surface area contributed by atoms with E-state index in [0.717, 1.165) is 6.42 Å². The van der Waals surface area contributed by atoms with Gasteiger partial charge in [0.15, 0.2) is 0 Å². The number of ether oxygens (including phenoxy) is 4. The Hall–Kier alpha value is -2.21. The molecular formula is C26H46N2O9. The maximum Gasteiger partial charge on any atom is 0.222 e. The van der Waals surface area contributed by atoms with E-state index in [1.807, 2.05) is 6.92 Å². The zero-order valence-corrected chi connectivity index (χ0v) is 22.6. The molecular weight excluding hydrogens is 484 g/mol. The quantitative estimate of drug-likeness (QED) is 0.151. The highest BCUT2D eigenvalue weighted by atomic mass is 16.5. The lowest BCUT2D eigenvalue weighted by Crippen LogP contribution is -2.28. The number of carbonyl (C=O) groups is 5. The third-order valence-corrected chi connectivity index (χ3v) is 5.01. The van der Waals surface area contributed by atoms with Crippen molar-refractivity contribution in [1.82, 2.24) is 10.6 Å². The van der Waals surface area contributed by atoms with E-state index < -0.39 is 0 Å². The van der Waals surface area contributed by atoms with Crippen LogP contribution in [0, 0.1) is 0 Å². The summed E-state index contributed by atoms with van der Waals surface area (Å²) >= 11 is 0. The third kappa shape index (κ3) is 26.7. The van der Waals surface area contributed by atoms with Crippen molar-refractivity contribution >= 4 is 29.2 Å². The van der Waals surface area contributed by atoms with Gasteiger partial charge in [0.2, 0.25) is 11.8 Å². The van der Waals surface area contributed by atoms with Gasteiger partial charge in [0.05, 0.1) is 46.2 Å². The summed E-state index contributed by atoms with van der Waals surface area (Å²) in [5.41, 5.74) is 0. The Morgan fingerprint density at radius 2 is 0.973 bits per heavy atom. The largest absolute Gasteiger partial charge is 0.379 e. The molecule has 0 rings (SSSR count). The van der Waals surface area contributed by atoms with Crippen LogP contribution in [0.15, 0.2) is 0 Å². The Labute approximate surface area is 220 Å². The molecule has 0 saturated heterocycles. The average Bonchev–Trinajstić information content (AvgIpc) is 2.86. The fraction of sp³-hybridized carbons (Fsp3) is 0.808. The Balaban J connectivity index is 3.35. The third-order valence-electron chi connectivity index (χ3n) is 5.01. The molecule has 0 spiro atoms. The summed E-state index contributed by atoms with van der Waals surface area (Å²) in [6, 6.07) is 0. The molecule has 0 heterocycles. The van der Waals surface area contributed by atoms with Gasteiger partial charge in [-0.05, 0) is 19.8 Å². The SMILES string of the molecule is CCCC(=O)NCCOCCOCCC(=O)NCCOCCOCCCC(=O)CCC(=O)CCC(C)=O. The van der Waals surface area contributed by atoms with Crippen molar-refractivity contribution < 1.29 is 42.9 Å². The van der Waals surface area contributed by atoms with E-state index in [1.165, 1.54) is 6.92 Å². The fourth-order valence-electron chi connectivity index (χ4n) is 2.95. The van der Waals surface area contributed by atoms with E-state index in [2.05, 4.69) is 10.6 Å². The van der Waals surface area contributed by atoms with Crippen LogP contribution in [-0.4, -0.2) is 95.1 Å². The van der Waals surface area contributed by atoms with Crippen LogP contribution in [0.25, 0.3) is 0 Å². The molecule has 0 bridgehead atoms. The van der Waals surface area contributed by atoms with Gasteiger partial charge in [-0.2, -0.15) is 0 Å². The highest BCUT2D eigenvalue weighted by molar-refractivity contribution is 5.88. The van der Waals surface area contributed by atoms with E-state index in [9.17, 15) is 24.0 Å². The molecule has 0 aliphatic rings. The minimum Gasteiger partial charge on any atom is -0.379 e. The smallest absolute Gasteiger partial charge is 0.222 e. The van der Waals surface area contributed by atoms with Crippen LogP contribution in [0.1, 0.15) is 71.6 Å². The van der Waals surface area contributed by atoms with Crippen LogP contribution in [0.5, 0.6) is 0 Å². The van der Waals surface area contributed by atoms with Crippen LogP contribution in [0.4, 0.5) is 0 Å². The number of hydrogen-bond acceptors (Lipinski definition) is 9. The number of ketones is 3. The van der Waals surface area contributed by atoms with E-state index in [-0.39, 0.29) is 61.3 Å². The van der Waals surface area contributed by atoms with Gasteiger partial charge in [0.1, 0.15) is 17.3 Å². The molecule has 0 atom stereocenters. The van der Waals surface area contributed by atoms with Crippen LogP contribution in [0.2, 0.25) is 0 Å². The Kier molecular flexibility index (Phi) is 23.9. The van der Waals surface area contributed by atoms with E-state index in [0.29, 0.717) is 85.2 Å². The first-order valence-electron chi connectivity index (χ1n) is 13.2. The molecule has 0 fully saturated rings. The van der Waals surface area contributed by atoms with E-state index >= 15 is 0 Å². The average molecular weight is 531 g/mol. The predicted octanol–water partition coefficient (Wildman–Crippen LogP) is 1.54. The maximum absolute atomic E-state index is 11.8. The second kappa shape index (κ2) is 25.4. The van der Waals surface area contributed by atoms with Crippen LogP contribution in [-0.2, 0) is 42.9 Å². The van der Waals surface area contributed by atoms with E-state index in [1.54, 1.807) is 0 Å². The molecule has 0 unspecified atom stereocenters. The first-order chi connectivity index (χ1) is 17.8. The van der Waals surface area contributed by atoms with Crippen molar-refractivity contribution in [3.8, 4) is 0 Å².